The first-order valence-electron chi connectivity index (χ1n) is 12.7. The van der Waals surface area contributed by atoms with Gasteiger partial charge >= 0.3 is 12.2 Å². The van der Waals surface area contributed by atoms with Gasteiger partial charge in [-0.15, -0.1) is 0 Å². The zero-order valence-electron chi connectivity index (χ0n) is 22.3. The molecule has 2 aromatic heterocycles. The van der Waals surface area contributed by atoms with Gasteiger partial charge < -0.3 is 9.47 Å². The maximum Gasteiger partial charge on any atom is 0.419 e. The minimum absolute atomic E-state index is 0.109. The molecule has 2 saturated carbocycles. The summed E-state index contributed by atoms with van der Waals surface area (Å²) < 4.78 is 26.5. The molecule has 0 radical (unpaired) electrons. The van der Waals surface area contributed by atoms with Crippen molar-refractivity contribution in [2.45, 2.75) is 97.3 Å². The molecule has 9 heteroatoms. The lowest BCUT2D eigenvalue weighted by molar-refractivity contribution is -0.00641. The normalized spacial score (nSPS) is 20.0. The van der Waals surface area contributed by atoms with E-state index in [1.165, 1.54) is 12.3 Å². The molecule has 2 heterocycles. The van der Waals surface area contributed by atoms with Crippen LogP contribution in [0.2, 0.25) is 0 Å². The van der Waals surface area contributed by atoms with Gasteiger partial charge in [-0.25, -0.2) is 18.9 Å². The van der Waals surface area contributed by atoms with Gasteiger partial charge in [-0.05, 0) is 91.7 Å². The van der Waals surface area contributed by atoms with E-state index in [2.05, 4.69) is 4.98 Å². The van der Waals surface area contributed by atoms with Crippen molar-refractivity contribution in [3.8, 4) is 11.3 Å². The molecule has 0 aliphatic heterocycles. The van der Waals surface area contributed by atoms with E-state index in [0.717, 1.165) is 53.1 Å². The third-order valence-electron chi connectivity index (χ3n) is 6.28. The van der Waals surface area contributed by atoms with Crippen LogP contribution in [0, 0.1) is 18.7 Å². The molecule has 4 rings (SSSR count). The molecule has 2 fully saturated rings. The van der Waals surface area contributed by atoms with Gasteiger partial charge in [0, 0.05) is 24.2 Å². The Morgan fingerprint density at radius 2 is 1.67 bits per heavy atom. The second-order valence-electron chi connectivity index (χ2n) is 12.1. The Morgan fingerprint density at radius 3 is 2.17 bits per heavy atom. The van der Waals surface area contributed by atoms with Crippen LogP contribution in [0.1, 0.15) is 90.4 Å². The van der Waals surface area contributed by atoms with Gasteiger partial charge in [0.15, 0.2) is 0 Å². The number of amides is 2. The van der Waals surface area contributed by atoms with Gasteiger partial charge in [0.05, 0.1) is 23.6 Å². The van der Waals surface area contributed by atoms with Crippen molar-refractivity contribution >= 4 is 12.2 Å². The van der Waals surface area contributed by atoms with Crippen LogP contribution in [-0.4, -0.2) is 49.6 Å². The lowest BCUT2D eigenvalue weighted by Gasteiger charge is -2.38. The summed E-state index contributed by atoms with van der Waals surface area (Å²) >= 11 is 0. The summed E-state index contributed by atoms with van der Waals surface area (Å²) in [4.78, 5) is 31.0. The number of ether oxygens (including phenoxy) is 2. The van der Waals surface area contributed by atoms with E-state index in [1.807, 2.05) is 17.8 Å². The number of hydrogen-bond donors (Lipinski definition) is 0. The van der Waals surface area contributed by atoms with Gasteiger partial charge in [0.1, 0.15) is 17.0 Å². The summed E-state index contributed by atoms with van der Waals surface area (Å²) in [6, 6.07) is 1.65. The predicted molar refractivity (Wildman–Crippen MR) is 133 cm³/mol. The van der Waals surface area contributed by atoms with Crippen molar-refractivity contribution in [2.24, 2.45) is 5.92 Å². The molecule has 0 aromatic carbocycles. The largest absolute Gasteiger partial charge is 0.443 e. The van der Waals surface area contributed by atoms with Gasteiger partial charge in [-0.2, -0.15) is 5.10 Å². The first-order chi connectivity index (χ1) is 16.7. The van der Waals surface area contributed by atoms with Crippen molar-refractivity contribution in [1.82, 2.24) is 19.7 Å². The number of pyridine rings is 1. The van der Waals surface area contributed by atoms with E-state index >= 15 is 0 Å². The highest BCUT2D eigenvalue weighted by Crippen LogP contribution is 2.46. The zero-order valence-corrected chi connectivity index (χ0v) is 22.3. The fourth-order valence-electron chi connectivity index (χ4n) is 4.44. The van der Waals surface area contributed by atoms with Gasteiger partial charge in [-0.1, -0.05) is 0 Å². The van der Waals surface area contributed by atoms with Crippen LogP contribution in [0.4, 0.5) is 14.0 Å². The molecule has 0 atom stereocenters. The zero-order chi connectivity index (χ0) is 26.4. The molecule has 0 saturated heterocycles. The topological polar surface area (TPSA) is 86.6 Å². The molecule has 8 nitrogen and oxygen atoms in total. The molecular weight excluding hydrogens is 463 g/mol. The molecule has 2 aromatic rings. The van der Waals surface area contributed by atoms with Crippen molar-refractivity contribution < 1.29 is 23.5 Å². The molecular formula is C27H37FN4O4. The van der Waals surface area contributed by atoms with Gasteiger partial charge in [0.25, 0.3) is 0 Å². The lowest BCUT2D eigenvalue weighted by atomic mass is 9.80. The van der Waals surface area contributed by atoms with Crippen LogP contribution in [0.5, 0.6) is 0 Å². The SMILES string of the molecule is Cc1cc(F)cnc1-c1cn([C@H]2C[C@H](CN(C(=O)OC(C)(C)C)C(=O)OC(C)(C)C)C2)nc1C1CC1. The third kappa shape index (κ3) is 6.23. The number of carbonyl (C=O) groups excluding carboxylic acids is 2. The molecule has 2 aliphatic carbocycles. The monoisotopic (exact) mass is 500 g/mol. The van der Waals surface area contributed by atoms with E-state index in [-0.39, 0.29) is 24.3 Å². The van der Waals surface area contributed by atoms with Crippen LogP contribution in [0.3, 0.4) is 0 Å². The second kappa shape index (κ2) is 9.48. The number of halogens is 1. The molecule has 0 unspecified atom stereocenters. The van der Waals surface area contributed by atoms with Crippen molar-refractivity contribution in [3.63, 3.8) is 0 Å². The minimum Gasteiger partial charge on any atom is -0.443 e. The lowest BCUT2D eigenvalue weighted by Crippen LogP contribution is -2.47. The summed E-state index contributed by atoms with van der Waals surface area (Å²) in [5, 5.41) is 4.90. The van der Waals surface area contributed by atoms with E-state index in [4.69, 9.17) is 14.6 Å². The average molecular weight is 501 g/mol. The van der Waals surface area contributed by atoms with E-state index < -0.39 is 23.4 Å². The van der Waals surface area contributed by atoms with Crippen LogP contribution in [0.15, 0.2) is 18.5 Å². The smallest absolute Gasteiger partial charge is 0.419 e. The van der Waals surface area contributed by atoms with Crippen molar-refractivity contribution in [2.75, 3.05) is 6.54 Å². The highest BCUT2D eigenvalue weighted by Gasteiger charge is 2.39. The summed E-state index contributed by atoms with van der Waals surface area (Å²) in [6.45, 7) is 12.7. The summed E-state index contributed by atoms with van der Waals surface area (Å²) in [5.74, 6) is 0.175. The quantitative estimate of drug-likeness (QED) is 0.473. The Balaban J connectivity index is 1.47. The van der Waals surface area contributed by atoms with Crippen LogP contribution >= 0.6 is 0 Å². The average Bonchev–Trinajstić information content (AvgIpc) is 3.44. The standard InChI is InChI=1S/C27H37FN4O4/c1-16-10-19(28)13-29-22(16)21-15-32(30-23(21)18-8-9-18)20-11-17(12-20)14-31(24(33)35-26(2,3)4)25(34)36-27(5,6)7/h10,13,15,17-18,20H,8-9,11-12,14H2,1-7H3/t17-,20-. The number of rotatable bonds is 5. The Labute approximate surface area is 212 Å². The maximum atomic E-state index is 13.6. The van der Waals surface area contributed by atoms with Gasteiger partial charge in [0.2, 0.25) is 0 Å². The summed E-state index contributed by atoms with van der Waals surface area (Å²) in [7, 11) is 0. The number of aromatic nitrogens is 3. The molecule has 0 bridgehead atoms. The van der Waals surface area contributed by atoms with Crippen LogP contribution in [0.25, 0.3) is 11.3 Å². The van der Waals surface area contributed by atoms with Gasteiger partial charge in [-0.3, -0.25) is 9.67 Å². The number of aryl methyl sites for hydroxylation is 1. The molecule has 0 spiro atoms. The third-order valence-corrected chi connectivity index (χ3v) is 6.28. The number of imide groups is 1. The highest BCUT2D eigenvalue weighted by atomic mass is 19.1. The summed E-state index contributed by atoms with van der Waals surface area (Å²) in [5.41, 5.74) is 2.08. The first-order valence-corrected chi connectivity index (χ1v) is 12.7. The Kier molecular flexibility index (Phi) is 6.88. The fourth-order valence-corrected chi connectivity index (χ4v) is 4.44. The molecule has 2 aliphatic rings. The Bertz CT molecular complexity index is 1110. The predicted octanol–water partition coefficient (Wildman–Crippen LogP) is 6.39. The van der Waals surface area contributed by atoms with Crippen molar-refractivity contribution in [1.29, 1.82) is 0 Å². The van der Waals surface area contributed by atoms with E-state index in [1.54, 1.807) is 41.5 Å². The number of hydrogen-bond acceptors (Lipinski definition) is 6. The number of nitrogens with zero attached hydrogens (tertiary/aromatic N) is 4. The molecule has 2 amide bonds. The van der Waals surface area contributed by atoms with Crippen LogP contribution < -0.4 is 0 Å². The maximum absolute atomic E-state index is 13.6. The van der Waals surface area contributed by atoms with E-state index in [9.17, 15) is 14.0 Å². The molecule has 0 N–H and O–H groups in total. The molecule has 196 valence electrons. The van der Waals surface area contributed by atoms with Crippen LogP contribution in [-0.2, 0) is 9.47 Å². The second-order valence-corrected chi connectivity index (χ2v) is 12.1. The summed E-state index contributed by atoms with van der Waals surface area (Å²) in [6.07, 6.45) is 5.59. The Hall–Kier alpha value is -2.97. The number of carbonyl (C=O) groups is 2. The highest BCUT2D eigenvalue weighted by molar-refractivity contribution is 5.88. The first kappa shape index (κ1) is 26.1. The van der Waals surface area contributed by atoms with E-state index in [0.29, 0.717) is 5.92 Å². The fraction of sp³-hybridized carbons (Fsp3) is 0.630. The minimum atomic E-state index is -0.726. The van der Waals surface area contributed by atoms with Crippen molar-refractivity contribution in [3.05, 3.63) is 35.5 Å². The Morgan fingerprint density at radius 1 is 1.08 bits per heavy atom. The molecule has 36 heavy (non-hydrogen) atoms.